The standard InChI is InChI=1S/C10H8BrClF3NO2/c1-5-2-6(11)8(3-7(5)12)16-9(17)18-4-10(13,14)15/h2-3H,4H2,1H3,(H,16,17). The van der Waals surface area contributed by atoms with E-state index in [1.165, 1.54) is 6.07 Å². The molecule has 1 rings (SSSR count). The lowest BCUT2D eigenvalue weighted by Crippen LogP contribution is -2.23. The maximum atomic E-state index is 11.8. The Labute approximate surface area is 114 Å². The number of halogens is 5. The molecular formula is C10H8BrClF3NO2. The van der Waals surface area contributed by atoms with Crippen molar-refractivity contribution in [3.05, 3.63) is 27.2 Å². The van der Waals surface area contributed by atoms with E-state index in [1.807, 2.05) is 0 Å². The van der Waals surface area contributed by atoms with E-state index in [9.17, 15) is 18.0 Å². The van der Waals surface area contributed by atoms with E-state index in [1.54, 1.807) is 13.0 Å². The van der Waals surface area contributed by atoms with Crippen LogP contribution in [0.1, 0.15) is 5.56 Å². The summed E-state index contributed by atoms with van der Waals surface area (Å²) in [6.07, 6.45) is -5.76. The number of carbonyl (C=O) groups is 1. The molecule has 0 spiro atoms. The molecule has 8 heteroatoms. The first-order valence-corrected chi connectivity index (χ1v) is 5.82. The number of nitrogens with one attached hydrogen (secondary N) is 1. The molecule has 1 amide bonds. The molecule has 0 atom stereocenters. The minimum Gasteiger partial charge on any atom is -0.440 e. The lowest BCUT2D eigenvalue weighted by molar-refractivity contribution is -0.159. The minimum absolute atomic E-state index is 0.234. The average Bonchev–Trinajstić information content (AvgIpc) is 2.22. The summed E-state index contributed by atoms with van der Waals surface area (Å²) in [6, 6.07) is 3.04. The predicted molar refractivity (Wildman–Crippen MR) is 64.9 cm³/mol. The van der Waals surface area contributed by atoms with Crippen molar-refractivity contribution >= 4 is 39.3 Å². The van der Waals surface area contributed by atoms with E-state index in [2.05, 4.69) is 26.0 Å². The lowest BCUT2D eigenvalue weighted by Gasteiger charge is -2.11. The summed E-state index contributed by atoms with van der Waals surface area (Å²) in [6.45, 7) is 0.106. The van der Waals surface area contributed by atoms with E-state index in [0.717, 1.165) is 5.56 Å². The molecule has 18 heavy (non-hydrogen) atoms. The molecule has 0 saturated heterocycles. The van der Waals surface area contributed by atoms with Crippen LogP contribution in [0.4, 0.5) is 23.7 Å². The Morgan fingerprint density at radius 2 is 2.11 bits per heavy atom. The highest BCUT2D eigenvalue weighted by atomic mass is 79.9. The highest BCUT2D eigenvalue weighted by Crippen LogP contribution is 2.29. The van der Waals surface area contributed by atoms with Crippen LogP contribution in [-0.2, 0) is 4.74 Å². The summed E-state index contributed by atoms with van der Waals surface area (Å²) in [7, 11) is 0. The maximum absolute atomic E-state index is 11.8. The van der Waals surface area contributed by atoms with Gasteiger partial charge >= 0.3 is 12.3 Å². The second kappa shape index (κ2) is 5.79. The van der Waals surface area contributed by atoms with Crippen molar-refractivity contribution in [1.82, 2.24) is 0 Å². The van der Waals surface area contributed by atoms with Gasteiger partial charge in [0.2, 0.25) is 0 Å². The molecule has 0 unspecified atom stereocenters. The molecule has 0 aliphatic carbocycles. The quantitative estimate of drug-likeness (QED) is 0.855. The van der Waals surface area contributed by atoms with Gasteiger partial charge in [0.15, 0.2) is 6.61 Å². The number of hydrogen-bond acceptors (Lipinski definition) is 2. The molecule has 1 aromatic carbocycles. The van der Waals surface area contributed by atoms with Gasteiger partial charge in [0.1, 0.15) is 0 Å². The zero-order valence-corrected chi connectivity index (χ0v) is 11.4. The summed E-state index contributed by atoms with van der Waals surface area (Å²) in [4.78, 5) is 11.1. The molecule has 0 aliphatic heterocycles. The molecule has 100 valence electrons. The Morgan fingerprint density at radius 3 is 2.67 bits per heavy atom. The topological polar surface area (TPSA) is 38.3 Å². The van der Waals surface area contributed by atoms with Gasteiger partial charge in [-0.05, 0) is 40.5 Å². The highest BCUT2D eigenvalue weighted by molar-refractivity contribution is 9.10. The van der Waals surface area contributed by atoms with Gasteiger partial charge in [-0.3, -0.25) is 5.32 Å². The van der Waals surface area contributed by atoms with Crippen LogP contribution in [0.5, 0.6) is 0 Å². The third kappa shape index (κ3) is 4.73. The second-order valence-electron chi connectivity index (χ2n) is 3.40. The van der Waals surface area contributed by atoms with Gasteiger partial charge in [0.05, 0.1) is 5.69 Å². The molecular weight excluding hydrogens is 338 g/mol. The van der Waals surface area contributed by atoms with Crippen LogP contribution >= 0.6 is 27.5 Å². The molecule has 0 aliphatic rings. The van der Waals surface area contributed by atoms with E-state index in [-0.39, 0.29) is 5.69 Å². The zero-order valence-electron chi connectivity index (χ0n) is 9.07. The molecule has 0 saturated carbocycles. The van der Waals surface area contributed by atoms with Gasteiger partial charge < -0.3 is 4.74 Å². The number of aryl methyl sites for hydroxylation is 1. The average molecular weight is 347 g/mol. The molecule has 1 N–H and O–H groups in total. The van der Waals surface area contributed by atoms with E-state index in [0.29, 0.717) is 9.50 Å². The van der Waals surface area contributed by atoms with Gasteiger partial charge in [-0.2, -0.15) is 13.2 Å². The first-order valence-electron chi connectivity index (χ1n) is 4.65. The third-order valence-electron chi connectivity index (χ3n) is 1.85. The summed E-state index contributed by atoms with van der Waals surface area (Å²) in [5, 5.41) is 2.54. The normalized spacial score (nSPS) is 11.2. The number of ether oxygens (including phenoxy) is 1. The maximum Gasteiger partial charge on any atom is 0.422 e. The number of anilines is 1. The van der Waals surface area contributed by atoms with Gasteiger partial charge in [-0.1, -0.05) is 11.6 Å². The van der Waals surface area contributed by atoms with Crippen LogP contribution in [0.25, 0.3) is 0 Å². The van der Waals surface area contributed by atoms with Gasteiger partial charge in [0, 0.05) is 9.50 Å². The fraction of sp³-hybridized carbons (Fsp3) is 0.300. The Kier molecular flexibility index (Phi) is 4.86. The number of benzene rings is 1. The first kappa shape index (κ1) is 15.1. The van der Waals surface area contributed by atoms with Gasteiger partial charge in [-0.25, -0.2) is 4.79 Å². The smallest absolute Gasteiger partial charge is 0.422 e. The molecule has 0 bridgehead atoms. The molecule has 0 aromatic heterocycles. The number of rotatable bonds is 2. The Hall–Kier alpha value is -0.950. The van der Waals surface area contributed by atoms with Gasteiger partial charge in [-0.15, -0.1) is 0 Å². The fourth-order valence-electron chi connectivity index (χ4n) is 1.04. The Morgan fingerprint density at radius 1 is 1.50 bits per heavy atom. The van der Waals surface area contributed by atoms with Crippen LogP contribution < -0.4 is 5.32 Å². The number of carbonyl (C=O) groups excluding carboxylic acids is 1. The van der Waals surface area contributed by atoms with E-state index >= 15 is 0 Å². The predicted octanol–water partition coefficient (Wildman–Crippen LogP) is 4.52. The van der Waals surface area contributed by atoms with Crippen LogP contribution in [0.2, 0.25) is 5.02 Å². The van der Waals surface area contributed by atoms with Crippen LogP contribution in [0.15, 0.2) is 16.6 Å². The molecule has 1 aromatic rings. The Balaban J connectivity index is 2.68. The molecule has 0 radical (unpaired) electrons. The van der Waals surface area contributed by atoms with Crippen molar-refractivity contribution in [3.63, 3.8) is 0 Å². The van der Waals surface area contributed by atoms with Crippen LogP contribution in [-0.4, -0.2) is 18.9 Å². The summed E-state index contributed by atoms with van der Waals surface area (Å²) < 4.78 is 39.9. The monoisotopic (exact) mass is 345 g/mol. The molecule has 0 fully saturated rings. The van der Waals surface area contributed by atoms with Crippen LogP contribution in [0.3, 0.4) is 0 Å². The second-order valence-corrected chi connectivity index (χ2v) is 4.66. The minimum atomic E-state index is -4.56. The number of hydrogen-bond donors (Lipinski definition) is 1. The van der Waals surface area contributed by atoms with Crippen molar-refractivity contribution in [2.45, 2.75) is 13.1 Å². The van der Waals surface area contributed by atoms with Crippen molar-refractivity contribution in [2.24, 2.45) is 0 Å². The SMILES string of the molecule is Cc1cc(Br)c(NC(=O)OCC(F)(F)F)cc1Cl. The number of alkyl halides is 3. The van der Waals surface area contributed by atoms with E-state index in [4.69, 9.17) is 11.6 Å². The highest BCUT2D eigenvalue weighted by Gasteiger charge is 2.29. The lowest BCUT2D eigenvalue weighted by atomic mass is 10.2. The fourth-order valence-corrected chi connectivity index (χ4v) is 1.76. The zero-order chi connectivity index (χ0) is 13.9. The summed E-state index contributed by atoms with van der Waals surface area (Å²) >= 11 is 8.98. The molecule has 3 nitrogen and oxygen atoms in total. The number of amides is 1. The summed E-state index contributed by atoms with van der Waals surface area (Å²) in [5.74, 6) is 0. The van der Waals surface area contributed by atoms with Crippen molar-refractivity contribution in [2.75, 3.05) is 11.9 Å². The third-order valence-corrected chi connectivity index (χ3v) is 2.92. The van der Waals surface area contributed by atoms with E-state index < -0.39 is 18.9 Å². The van der Waals surface area contributed by atoms with Crippen LogP contribution in [0, 0.1) is 6.92 Å². The van der Waals surface area contributed by atoms with Crippen molar-refractivity contribution in [3.8, 4) is 0 Å². The largest absolute Gasteiger partial charge is 0.440 e. The van der Waals surface area contributed by atoms with Gasteiger partial charge in [0.25, 0.3) is 0 Å². The van der Waals surface area contributed by atoms with Crippen molar-refractivity contribution in [1.29, 1.82) is 0 Å². The first-order chi connectivity index (χ1) is 8.19. The summed E-state index contributed by atoms with van der Waals surface area (Å²) in [5.41, 5.74) is 0.996. The Bertz CT molecular complexity index is 465. The van der Waals surface area contributed by atoms with Crippen molar-refractivity contribution < 1.29 is 22.7 Å². The molecule has 0 heterocycles.